The second-order valence-corrected chi connectivity index (χ2v) is 6.82. The van der Waals surface area contributed by atoms with Gasteiger partial charge in [-0.2, -0.15) is 5.10 Å². The topological polar surface area (TPSA) is 64.7 Å². The molecule has 0 aliphatic carbocycles. The van der Waals surface area contributed by atoms with E-state index in [0.717, 1.165) is 17.0 Å². The number of nitrogens with zero attached hydrogens (tertiary/aromatic N) is 4. The van der Waals surface area contributed by atoms with Crippen LogP contribution in [0.2, 0.25) is 0 Å². The molecule has 6 nitrogen and oxygen atoms in total. The van der Waals surface area contributed by atoms with Crippen molar-refractivity contribution in [3.63, 3.8) is 0 Å². The first-order valence-electron chi connectivity index (χ1n) is 9.19. The summed E-state index contributed by atoms with van der Waals surface area (Å²) < 4.78 is 17.8. The highest BCUT2D eigenvalue weighted by atomic mass is 19.1. The van der Waals surface area contributed by atoms with Crippen LogP contribution in [0.15, 0.2) is 67.3 Å². The molecule has 2 aromatic carbocycles. The number of benzene rings is 2. The number of rotatable bonds is 5. The lowest BCUT2D eigenvalue weighted by atomic mass is 10.2. The standard InChI is InChI=1S/C22H20FN5O/c1-15-10-19(16(2)27(15)12-17-6-4-3-5-7-17)22(29)26-18-8-9-21(20(23)11-18)28-14-24-13-25-28/h3-11,13-14H,12H2,1-2H3,(H,26,29). The number of aromatic nitrogens is 4. The van der Waals surface area contributed by atoms with E-state index in [1.807, 2.05) is 38.1 Å². The minimum atomic E-state index is -0.497. The number of aryl methyl sites for hydroxylation is 1. The number of nitrogens with one attached hydrogen (secondary N) is 1. The van der Waals surface area contributed by atoms with Crippen molar-refractivity contribution in [1.82, 2.24) is 19.3 Å². The summed E-state index contributed by atoms with van der Waals surface area (Å²) in [6, 6.07) is 16.4. The van der Waals surface area contributed by atoms with Crippen LogP contribution >= 0.6 is 0 Å². The maximum Gasteiger partial charge on any atom is 0.257 e. The zero-order valence-electron chi connectivity index (χ0n) is 16.1. The highest BCUT2D eigenvalue weighted by molar-refractivity contribution is 6.05. The van der Waals surface area contributed by atoms with Gasteiger partial charge in [-0.15, -0.1) is 0 Å². The summed E-state index contributed by atoms with van der Waals surface area (Å²) in [6.07, 6.45) is 2.75. The van der Waals surface area contributed by atoms with Gasteiger partial charge in [0.15, 0.2) is 5.82 Å². The Balaban J connectivity index is 1.55. The summed E-state index contributed by atoms with van der Waals surface area (Å²) in [6.45, 7) is 4.57. The second-order valence-electron chi connectivity index (χ2n) is 6.82. The van der Waals surface area contributed by atoms with Gasteiger partial charge in [0.2, 0.25) is 0 Å². The van der Waals surface area contributed by atoms with Crippen molar-refractivity contribution in [1.29, 1.82) is 0 Å². The molecule has 0 saturated heterocycles. The molecule has 2 heterocycles. The van der Waals surface area contributed by atoms with Crippen molar-refractivity contribution in [2.45, 2.75) is 20.4 Å². The van der Waals surface area contributed by atoms with Gasteiger partial charge in [-0.3, -0.25) is 4.79 Å². The third kappa shape index (κ3) is 3.80. The Morgan fingerprint density at radius 1 is 1.10 bits per heavy atom. The van der Waals surface area contributed by atoms with E-state index in [2.05, 4.69) is 32.1 Å². The second kappa shape index (κ2) is 7.71. The van der Waals surface area contributed by atoms with Gasteiger partial charge in [-0.1, -0.05) is 30.3 Å². The summed E-state index contributed by atoms with van der Waals surface area (Å²) in [5.74, 6) is -0.770. The number of halogens is 1. The van der Waals surface area contributed by atoms with Crippen LogP contribution in [-0.2, 0) is 6.54 Å². The third-order valence-electron chi connectivity index (χ3n) is 4.87. The lowest BCUT2D eigenvalue weighted by molar-refractivity contribution is 0.102. The number of hydrogen-bond acceptors (Lipinski definition) is 3. The van der Waals surface area contributed by atoms with Gasteiger partial charge < -0.3 is 9.88 Å². The van der Waals surface area contributed by atoms with Gasteiger partial charge in [0.05, 0.1) is 5.56 Å². The summed E-state index contributed by atoms with van der Waals surface area (Å²) in [5, 5.41) is 6.70. The van der Waals surface area contributed by atoms with Gasteiger partial charge in [0, 0.05) is 23.6 Å². The Hall–Kier alpha value is -3.74. The maximum atomic E-state index is 14.4. The van der Waals surface area contributed by atoms with Gasteiger partial charge in [-0.05, 0) is 43.7 Å². The first-order chi connectivity index (χ1) is 14.0. The van der Waals surface area contributed by atoms with E-state index in [9.17, 15) is 9.18 Å². The fraction of sp³-hybridized carbons (Fsp3) is 0.136. The molecule has 0 aliphatic heterocycles. The average Bonchev–Trinajstić information content (AvgIpc) is 3.33. The molecule has 0 aliphatic rings. The minimum Gasteiger partial charge on any atom is -0.344 e. The Kier molecular flexibility index (Phi) is 4.95. The molecule has 0 spiro atoms. The summed E-state index contributed by atoms with van der Waals surface area (Å²) in [4.78, 5) is 16.6. The van der Waals surface area contributed by atoms with Gasteiger partial charge in [-0.25, -0.2) is 14.1 Å². The number of carbonyl (C=O) groups is 1. The van der Waals surface area contributed by atoms with Crippen LogP contribution in [-0.4, -0.2) is 25.2 Å². The molecule has 4 rings (SSSR count). The molecule has 0 bridgehead atoms. The van der Waals surface area contributed by atoms with Crippen LogP contribution in [0.25, 0.3) is 5.69 Å². The largest absolute Gasteiger partial charge is 0.344 e. The smallest absolute Gasteiger partial charge is 0.257 e. The molecule has 2 aromatic heterocycles. The maximum absolute atomic E-state index is 14.4. The van der Waals surface area contributed by atoms with Crippen molar-refractivity contribution in [2.75, 3.05) is 5.32 Å². The fourth-order valence-electron chi connectivity index (χ4n) is 3.34. The Bertz CT molecular complexity index is 1150. The van der Waals surface area contributed by atoms with E-state index in [4.69, 9.17) is 0 Å². The monoisotopic (exact) mass is 389 g/mol. The molecule has 0 fully saturated rings. The highest BCUT2D eigenvalue weighted by Gasteiger charge is 2.17. The molecule has 4 aromatic rings. The van der Waals surface area contributed by atoms with E-state index < -0.39 is 5.82 Å². The Labute approximate surface area is 167 Å². The van der Waals surface area contributed by atoms with Crippen molar-refractivity contribution in [3.8, 4) is 5.69 Å². The molecule has 1 N–H and O–H groups in total. The lowest BCUT2D eigenvalue weighted by Gasteiger charge is -2.11. The Morgan fingerprint density at radius 2 is 1.90 bits per heavy atom. The number of amides is 1. The van der Waals surface area contributed by atoms with Crippen molar-refractivity contribution >= 4 is 11.6 Å². The van der Waals surface area contributed by atoms with Crippen molar-refractivity contribution in [3.05, 3.63) is 95.6 Å². The number of anilines is 1. The van der Waals surface area contributed by atoms with Gasteiger partial charge >= 0.3 is 0 Å². The Morgan fingerprint density at radius 3 is 2.59 bits per heavy atom. The summed E-state index contributed by atoms with van der Waals surface area (Å²) in [7, 11) is 0. The molecular weight excluding hydrogens is 369 g/mol. The van der Waals surface area contributed by atoms with Crippen LogP contribution in [0.3, 0.4) is 0 Å². The number of hydrogen-bond donors (Lipinski definition) is 1. The quantitative estimate of drug-likeness (QED) is 0.558. The van der Waals surface area contributed by atoms with E-state index in [1.165, 1.54) is 23.4 Å². The van der Waals surface area contributed by atoms with Crippen LogP contribution in [0.4, 0.5) is 10.1 Å². The van der Waals surface area contributed by atoms with E-state index >= 15 is 0 Å². The normalized spacial score (nSPS) is 10.9. The summed E-state index contributed by atoms with van der Waals surface area (Å²) in [5.41, 5.74) is 4.23. The molecule has 0 saturated carbocycles. The first-order valence-corrected chi connectivity index (χ1v) is 9.19. The first kappa shape index (κ1) is 18.6. The fourth-order valence-corrected chi connectivity index (χ4v) is 3.34. The van der Waals surface area contributed by atoms with Crippen LogP contribution in [0, 0.1) is 19.7 Å². The molecule has 7 heteroatoms. The molecule has 146 valence electrons. The minimum absolute atomic E-state index is 0.265. The van der Waals surface area contributed by atoms with Crippen LogP contribution in [0.5, 0.6) is 0 Å². The molecule has 0 radical (unpaired) electrons. The van der Waals surface area contributed by atoms with Crippen molar-refractivity contribution < 1.29 is 9.18 Å². The van der Waals surface area contributed by atoms with E-state index in [-0.39, 0.29) is 11.6 Å². The van der Waals surface area contributed by atoms with Crippen LogP contribution < -0.4 is 5.32 Å². The zero-order valence-corrected chi connectivity index (χ0v) is 16.1. The van der Waals surface area contributed by atoms with Crippen LogP contribution in [0.1, 0.15) is 27.3 Å². The summed E-state index contributed by atoms with van der Waals surface area (Å²) >= 11 is 0. The lowest BCUT2D eigenvalue weighted by Crippen LogP contribution is -2.14. The SMILES string of the molecule is Cc1cc(C(=O)Nc2ccc(-n3cncn3)c(F)c2)c(C)n1Cc1ccccc1. The predicted molar refractivity (Wildman–Crippen MR) is 109 cm³/mol. The third-order valence-corrected chi connectivity index (χ3v) is 4.87. The van der Waals surface area contributed by atoms with Gasteiger partial charge in [0.1, 0.15) is 18.3 Å². The molecule has 29 heavy (non-hydrogen) atoms. The number of carbonyl (C=O) groups excluding carboxylic acids is 1. The van der Waals surface area contributed by atoms with E-state index in [1.54, 1.807) is 12.1 Å². The molecule has 0 unspecified atom stereocenters. The van der Waals surface area contributed by atoms with E-state index in [0.29, 0.717) is 17.8 Å². The highest BCUT2D eigenvalue weighted by Crippen LogP contribution is 2.21. The van der Waals surface area contributed by atoms with Gasteiger partial charge in [0.25, 0.3) is 5.91 Å². The van der Waals surface area contributed by atoms with Crippen molar-refractivity contribution in [2.24, 2.45) is 0 Å². The molecular formula is C22H20FN5O. The zero-order chi connectivity index (χ0) is 20.4. The molecule has 1 amide bonds. The average molecular weight is 389 g/mol. The molecule has 0 atom stereocenters. The predicted octanol–water partition coefficient (Wildman–Crippen LogP) is 4.13.